The van der Waals surface area contributed by atoms with Crippen LogP contribution in [0.3, 0.4) is 0 Å². The van der Waals surface area contributed by atoms with Crippen molar-refractivity contribution in [3.05, 3.63) is 90.8 Å². The molecule has 162 valence electrons. The number of hydrogen-bond acceptors (Lipinski definition) is 7. The molecule has 1 aromatic heterocycles. The zero-order chi connectivity index (χ0) is 22.2. The largest absolute Gasteiger partial charge is 0.497 e. The number of anilines is 4. The summed E-state index contributed by atoms with van der Waals surface area (Å²) in [4.78, 5) is 8.62. The van der Waals surface area contributed by atoms with Gasteiger partial charge < -0.3 is 24.8 Å². The highest BCUT2D eigenvalue weighted by Gasteiger charge is 2.08. The van der Waals surface area contributed by atoms with Gasteiger partial charge in [0.1, 0.15) is 41.8 Å². The summed E-state index contributed by atoms with van der Waals surface area (Å²) in [5.74, 6) is 3.43. The minimum Gasteiger partial charge on any atom is -0.497 e. The molecule has 2 N–H and O–H groups in total. The van der Waals surface area contributed by atoms with Crippen molar-refractivity contribution in [1.29, 1.82) is 0 Å². The normalized spacial score (nSPS) is 10.3. The van der Waals surface area contributed by atoms with E-state index in [1.165, 1.54) is 6.33 Å². The van der Waals surface area contributed by atoms with E-state index in [1.807, 2.05) is 78.9 Å². The fourth-order valence-electron chi connectivity index (χ4n) is 3.10. The first-order chi connectivity index (χ1) is 15.7. The molecule has 4 aromatic rings. The average molecular weight is 428 g/mol. The van der Waals surface area contributed by atoms with Gasteiger partial charge in [0.05, 0.1) is 19.9 Å². The van der Waals surface area contributed by atoms with E-state index in [9.17, 15) is 0 Å². The van der Waals surface area contributed by atoms with Gasteiger partial charge in [0.15, 0.2) is 0 Å². The van der Waals surface area contributed by atoms with Crippen LogP contribution in [0.5, 0.6) is 17.2 Å². The van der Waals surface area contributed by atoms with Gasteiger partial charge in [0.25, 0.3) is 0 Å². The van der Waals surface area contributed by atoms with E-state index in [1.54, 1.807) is 14.2 Å². The number of methoxy groups -OCH3 is 2. The molecule has 4 rings (SSSR count). The second kappa shape index (κ2) is 10.2. The van der Waals surface area contributed by atoms with Gasteiger partial charge in [-0.15, -0.1) is 0 Å². The van der Waals surface area contributed by atoms with Gasteiger partial charge in [-0.3, -0.25) is 0 Å². The number of benzene rings is 3. The molecule has 0 aliphatic heterocycles. The number of nitrogens with zero attached hydrogens (tertiary/aromatic N) is 2. The van der Waals surface area contributed by atoms with E-state index < -0.39 is 0 Å². The summed E-state index contributed by atoms with van der Waals surface area (Å²) in [6.07, 6.45) is 1.49. The maximum absolute atomic E-state index is 5.91. The van der Waals surface area contributed by atoms with Crippen LogP contribution in [0, 0.1) is 0 Å². The Morgan fingerprint density at radius 1 is 0.719 bits per heavy atom. The van der Waals surface area contributed by atoms with E-state index in [0.717, 1.165) is 22.7 Å². The predicted octanol–water partition coefficient (Wildman–Crippen LogP) is 5.56. The first kappa shape index (κ1) is 21.0. The van der Waals surface area contributed by atoms with Gasteiger partial charge in [-0.25, -0.2) is 9.97 Å². The van der Waals surface area contributed by atoms with Crippen molar-refractivity contribution in [2.45, 2.75) is 6.61 Å². The minimum absolute atomic E-state index is 0.508. The van der Waals surface area contributed by atoms with Crippen LogP contribution >= 0.6 is 0 Å². The zero-order valence-corrected chi connectivity index (χ0v) is 17.9. The summed E-state index contributed by atoms with van der Waals surface area (Å²) in [6, 6.07) is 25.1. The first-order valence-electron chi connectivity index (χ1n) is 10.1. The Kier molecular flexibility index (Phi) is 6.67. The predicted molar refractivity (Wildman–Crippen MR) is 125 cm³/mol. The van der Waals surface area contributed by atoms with Crippen LogP contribution in [0.1, 0.15) is 5.56 Å². The standard InChI is InChI=1S/C25H24N4O3/c1-30-20-11-12-23(31-2)22(14-20)29-25-15-24(26-17-27-25)28-19-9-6-10-21(13-19)32-16-18-7-4-3-5-8-18/h3-15,17H,16H2,1-2H3,(H2,26,27,28,29). The minimum atomic E-state index is 0.508. The van der Waals surface area contributed by atoms with Crippen LogP contribution in [0.15, 0.2) is 85.2 Å². The van der Waals surface area contributed by atoms with Gasteiger partial charge >= 0.3 is 0 Å². The molecule has 0 atom stereocenters. The van der Waals surface area contributed by atoms with E-state index in [4.69, 9.17) is 14.2 Å². The summed E-state index contributed by atoms with van der Waals surface area (Å²) in [6.45, 7) is 0.508. The maximum Gasteiger partial charge on any atom is 0.142 e. The van der Waals surface area contributed by atoms with Crippen molar-refractivity contribution in [2.24, 2.45) is 0 Å². The quantitative estimate of drug-likeness (QED) is 0.361. The molecule has 0 aliphatic rings. The van der Waals surface area contributed by atoms with Crippen molar-refractivity contribution in [3.8, 4) is 17.2 Å². The Morgan fingerprint density at radius 2 is 1.53 bits per heavy atom. The van der Waals surface area contributed by atoms with Crippen LogP contribution < -0.4 is 24.8 Å². The Hall–Kier alpha value is -4.26. The smallest absolute Gasteiger partial charge is 0.142 e. The lowest BCUT2D eigenvalue weighted by molar-refractivity contribution is 0.306. The summed E-state index contributed by atoms with van der Waals surface area (Å²) >= 11 is 0. The van der Waals surface area contributed by atoms with Crippen LogP contribution in [-0.2, 0) is 6.61 Å². The highest BCUT2D eigenvalue weighted by Crippen LogP contribution is 2.31. The molecular formula is C25H24N4O3. The van der Waals surface area contributed by atoms with Gasteiger partial charge in [-0.05, 0) is 29.8 Å². The summed E-state index contributed by atoms with van der Waals surface area (Å²) in [5, 5.41) is 6.55. The number of ether oxygens (including phenoxy) is 3. The first-order valence-corrected chi connectivity index (χ1v) is 10.1. The van der Waals surface area contributed by atoms with Gasteiger partial charge in [-0.2, -0.15) is 0 Å². The lowest BCUT2D eigenvalue weighted by Gasteiger charge is -2.13. The van der Waals surface area contributed by atoms with Crippen LogP contribution in [-0.4, -0.2) is 24.2 Å². The topological polar surface area (TPSA) is 77.5 Å². The molecule has 7 heteroatoms. The number of rotatable bonds is 9. The Labute approximate surface area is 187 Å². The Bertz CT molecular complexity index is 1170. The van der Waals surface area contributed by atoms with Crippen LogP contribution in [0.2, 0.25) is 0 Å². The van der Waals surface area contributed by atoms with Gasteiger partial charge in [0.2, 0.25) is 0 Å². The molecule has 3 aromatic carbocycles. The lowest BCUT2D eigenvalue weighted by atomic mass is 10.2. The third kappa shape index (κ3) is 5.46. The SMILES string of the molecule is COc1ccc(OC)c(Nc2cc(Nc3cccc(OCc4ccccc4)c3)ncn2)c1. The van der Waals surface area contributed by atoms with Crippen molar-refractivity contribution >= 4 is 23.0 Å². The molecule has 0 aliphatic carbocycles. The zero-order valence-electron chi connectivity index (χ0n) is 17.9. The average Bonchev–Trinajstić information content (AvgIpc) is 2.84. The van der Waals surface area contributed by atoms with Crippen LogP contribution in [0.4, 0.5) is 23.0 Å². The third-order valence-corrected chi connectivity index (χ3v) is 4.69. The molecular weight excluding hydrogens is 404 g/mol. The fourth-order valence-corrected chi connectivity index (χ4v) is 3.10. The monoisotopic (exact) mass is 428 g/mol. The fraction of sp³-hybridized carbons (Fsp3) is 0.120. The Morgan fingerprint density at radius 3 is 2.31 bits per heavy atom. The van der Waals surface area contributed by atoms with Crippen molar-refractivity contribution in [2.75, 3.05) is 24.9 Å². The summed E-state index contributed by atoms with van der Waals surface area (Å²) in [7, 11) is 3.24. The number of hydrogen-bond donors (Lipinski definition) is 2. The van der Waals surface area contributed by atoms with E-state index in [-0.39, 0.29) is 0 Å². The molecule has 1 heterocycles. The lowest BCUT2D eigenvalue weighted by Crippen LogP contribution is -2.00. The molecule has 0 unspecified atom stereocenters. The molecule has 0 amide bonds. The molecule has 0 fully saturated rings. The Balaban J connectivity index is 1.45. The molecule has 0 saturated carbocycles. The maximum atomic E-state index is 5.91. The van der Waals surface area contributed by atoms with E-state index >= 15 is 0 Å². The van der Waals surface area contributed by atoms with Crippen molar-refractivity contribution in [3.63, 3.8) is 0 Å². The molecule has 0 saturated heterocycles. The van der Waals surface area contributed by atoms with Crippen LogP contribution in [0.25, 0.3) is 0 Å². The van der Waals surface area contributed by atoms with Gasteiger partial charge in [-0.1, -0.05) is 36.4 Å². The summed E-state index contributed by atoms with van der Waals surface area (Å²) in [5.41, 5.74) is 2.72. The third-order valence-electron chi connectivity index (χ3n) is 4.69. The molecule has 32 heavy (non-hydrogen) atoms. The van der Waals surface area contributed by atoms with E-state index in [0.29, 0.717) is 29.7 Å². The van der Waals surface area contributed by atoms with Crippen molar-refractivity contribution < 1.29 is 14.2 Å². The highest BCUT2D eigenvalue weighted by molar-refractivity contribution is 5.68. The second-order valence-electron chi connectivity index (χ2n) is 6.91. The van der Waals surface area contributed by atoms with Gasteiger partial charge in [0, 0.05) is 23.9 Å². The molecule has 0 spiro atoms. The highest BCUT2D eigenvalue weighted by atomic mass is 16.5. The number of aromatic nitrogens is 2. The second-order valence-corrected chi connectivity index (χ2v) is 6.91. The molecule has 0 radical (unpaired) electrons. The number of nitrogens with one attached hydrogen (secondary N) is 2. The molecule has 7 nitrogen and oxygen atoms in total. The van der Waals surface area contributed by atoms with E-state index in [2.05, 4.69) is 20.6 Å². The summed E-state index contributed by atoms with van der Waals surface area (Å²) < 4.78 is 16.6. The van der Waals surface area contributed by atoms with Crippen molar-refractivity contribution in [1.82, 2.24) is 9.97 Å². The molecule has 0 bridgehead atoms.